The van der Waals surface area contributed by atoms with Crippen LogP contribution in [-0.2, 0) is 6.61 Å². The second kappa shape index (κ2) is 5.41. The van der Waals surface area contributed by atoms with Gasteiger partial charge in [-0.2, -0.15) is 0 Å². The number of hydrogen-bond acceptors (Lipinski definition) is 3. The molecule has 1 N–H and O–H groups in total. The number of pyridine rings is 1. The Hall–Kier alpha value is -1.61. The standard InChI is InChI=1S/C17H22N2O/c1-12-7-8-19(13(2)9-12)17-10-14(11-20)18-16-6-4-3-5-15(16)17/h3-6,10,12-13,20H,7-9,11H2,1-2H3. The van der Waals surface area contributed by atoms with E-state index in [0.717, 1.165) is 23.7 Å². The van der Waals surface area contributed by atoms with Crippen molar-refractivity contribution in [2.75, 3.05) is 11.4 Å². The zero-order valence-electron chi connectivity index (χ0n) is 12.2. The second-order valence-electron chi connectivity index (χ2n) is 5.98. The first-order valence-electron chi connectivity index (χ1n) is 7.45. The summed E-state index contributed by atoms with van der Waals surface area (Å²) < 4.78 is 0. The van der Waals surface area contributed by atoms with Crippen LogP contribution in [0.1, 0.15) is 32.4 Å². The predicted molar refractivity (Wildman–Crippen MR) is 82.9 cm³/mol. The van der Waals surface area contributed by atoms with Crippen LogP contribution >= 0.6 is 0 Å². The van der Waals surface area contributed by atoms with Gasteiger partial charge in [0, 0.05) is 23.7 Å². The van der Waals surface area contributed by atoms with Crippen molar-refractivity contribution in [3.8, 4) is 0 Å². The second-order valence-corrected chi connectivity index (χ2v) is 5.98. The van der Waals surface area contributed by atoms with Gasteiger partial charge in [0.2, 0.25) is 0 Å². The molecule has 2 heterocycles. The van der Waals surface area contributed by atoms with Crippen LogP contribution in [0.2, 0.25) is 0 Å². The Morgan fingerprint density at radius 2 is 2.10 bits per heavy atom. The summed E-state index contributed by atoms with van der Waals surface area (Å²) in [6, 6.07) is 10.8. The molecule has 1 aliphatic rings. The van der Waals surface area contributed by atoms with Gasteiger partial charge in [-0.1, -0.05) is 25.1 Å². The highest BCUT2D eigenvalue weighted by atomic mass is 16.3. The minimum absolute atomic E-state index is 0.00351. The van der Waals surface area contributed by atoms with E-state index in [1.165, 1.54) is 23.9 Å². The van der Waals surface area contributed by atoms with Crippen molar-refractivity contribution in [1.82, 2.24) is 4.98 Å². The van der Waals surface area contributed by atoms with Crippen molar-refractivity contribution in [2.45, 2.75) is 39.3 Å². The molecule has 3 rings (SSSR count). The summed E-state index contributed by atoms with van der Waals surface area (Å²) in [5.74, 6) is 0.798. The predicted octanol–water partition coefficient (Wildman–Crippen LogP) is 3.35. The van der Waals surface area contributed by atoms with Crippen LogP contribution < -0.4 is 4.90 Å². The number of aromatic nitrogens is 1. The minimum Gasteiger partial charge on any atom is -0.390 e. The van der Waals surface area contributed by atoms with Gasteiger partial charge in [0.05, 0.1) is 17.8 Å². The molecule has 2 atom stereocenters. The SMILES string of the molecule is CC1CCN(c2cc(CO)nc3ccccc23)C(C)C1. The first-order valence-corrected chi connectivity index (χ1v) is 7.45. The quantitative estimate of drug-likeness (QED) is 0.909. The van der Waals surface area contributed by atoms with E-state index in [1.807, 2.05) is 12.1 Å². The molecule has 106 valence electrons. The number of aliphatic hydroxyl groups is 1. The minimum atomic E-state index is -0.00351. The van der Waals surface area contributed by atoms with Gasteiger partial charge in [0.15, 0.2) is 0 Å². The molecule has 1 aromatic carbocycles. The molecule has 2 aromatic rings. The number of para-hydroxylation sites is 1. The van der Waals surface area contributed by atoms with Crippen molar-refractivity contribution >= 4 is 16.6 Å². The number of anilines is 1. The van der Waals surface area contributed by atoms with E-state index >= 15 is 0 Å². The van der Waals surface area contributed by atoms with E-state index in [1.54, 1.807) is 0 Å². The number of piperidine rings is 1. The van der Waals surface area contributed by atoms with Crippen LogP contribution in [-0.4, -0.2) is 22.7 Å². The van der Waals surface area contributed by atoms with Gasteiger partial charge >= 0.3 is 0 Å². The van der Waals surface area contributed by atoms with E-state index in [4.69, 9.17) is 0 Å². The molecule has 0 amide bonds. The lowest BCUT2D eigenvalue weighted by Gasteiger charge is -2.39. The lowest BCUT2D eigenvalue weighted by Crippen LogP contribution is -2.40. The summed E-state index contributed by atoms with van der Waals surface area (Å²) >= 11 is 0. The molecule has 3 heteroatoms. The molecule has 20 heavy (non-hydrogen) atoms. The molecule has 0 bridgehead atoms. The zero-order valence-corrected chi connectivity index (χ0v) is 12.2. The Labute approximate surface area is 120 Å². The number of nitrogens with zero attached hydrogens (tertiary/aromatic N) is 2. The topological polar surface area (TPSA) is 36.4 Å². The fraction of sp³-hybridized carbons (Fsp3) is 0.471. The summed E-state index contributed by atoms with van der Waals surface area (Å²) in [6.45, 7) is 5.71. The van der Waals surface area contributed by atoms with Crippen LogP contribution in [0.25, 0.3) is 10.9 Å². The van der Waals surface area contributed by atoms with E-state index < -0.39 is 0 Å². The van der Waals surface area contributed by atoms with Gasteiger partial charge in [-0.05, 0) is 37.8 Å². The van der Waals surface area contributed by atoms with Crippen LogP contribution in [0.4, 0.5) is 5.69 Å². The largest absolute Gasteiger partial charge is 0.390 e. The molecule has 2 unspecified atom stereocenters. The number of hydrogen-bond donors (Lipinski definition) is 1. The average Bonchev–Trinajstić information content (AvgIpc) is 2.46. The van der Waals surface area contributed by atoms with Gasteiger partial charge in [-0.15, -0.1) is 0 Å². The van der Waals surface area contributed by atoms with Crippen molar-refractivity contribution in [2.24, 2.45) is 5.92 Å². The maximum atomic E-state index is 9.45. The van der Waals surface area contributed by atoms with E-state index in [0.29, 0.717) is 6.04 Å². The molecule has 1 fully saturated rings. The van der Waals surface area contributed by atoms with E-state index in [-0.39, 0.29) is 6.61 Å². The molecular weight excluding hydrogens is 248 g/mol. The van der Waals surface area contributed by atoms with Crippen LogP contribution in [0, 0.1) is 5.92 Å². The lowest BCUT2D eigenvalue weighted by molar-refractivity contribution is 0.277. The molecule has 0 aliphatic carbocycles. The average molecular weight is 270 g/mol. The summed E-state index contributed by atoms with van der Waals surface area (Å²) in [5.41, 5.74) is 2.95. The number of aliphatic hydroxyl groups excluding tert-OH is 1. The summed E-state index contributed by atoms with van der Waals surface area (Å²) in [6.07, 6.45) is 2.46. The molecule has 0 radical (unpaired) electrons. The maximum Gasteiger partial charge on any atom is 0.0854 e. The van der Waals surface area contributed by atoms with Crippen LogP contribution in [0.5, 0.6) is 0 Å². The van der Waals surface area contributed by atoms with Gasteiger partial charge in [0.1, 0.15) is 0 Å². The third-order valence-corrected chi connectivity index (χ3v) is 4.36. The number of fused-ring (bicyclic) bond motifs is 1. The molecule has 0 saturated carbocycles. The Balaban J connectivity index is 2.09. The molecule has 1 aromatic heterocycles. The summed E-state index contributed by atoms with van der Waals surface area (Å²) in [7, 11) is 0. The molecular formula is C17H22N2O. The Morgan fingerprint density at radius 3 is 2.85 bits per heavy atom. The van der Waals surface area contributed by atoms with Crippen molar-refractivity contribution < 1.29 is 5.11 Å². The molecule has 1 aliphatic heterocycles. The number of rotatable bonds is 2. The van der Waals surface area contributed by atoms with Gasteiger partial charge < -0.3 is 10.0 Å². The fourth-order valence-electron chi connectivity index (χ4n) is 3.29. The lowest BCUT2D eigenvalue weighted by atomic mass is 9.92. The van der Waals surface area contributed by atoms with E-state index in [9.17, 15) is 5.11 Å². The normalized spacial score (nSPS) is 23.2. The zero-order chi connectivity index (χ0) is 14.1. The Morgan fingerprint density at radius 1 is 1.30 bits per heavy atom. The maximum absolute atomic E-state index is 9.45. The van der Waals surface area contributed by atoms with Crippen molar-refractivity contribution in [3.63, 3.8) is 0 Å². The monoisotopic (exact) mass is 270 g/mol. The van der Waals surface area contributed by atoms with Crippen molar-refractivity contribution in [3.05, 3.63) is 36.0 Å². The van der Waals surface area contributed by atoms with E-state index in [2.05, 4.69) is 41.9 Å². The Kier molecular flexibility index (Phi) is 3.62. The van der Waals surface area contributed by atoms with Gasteiger partial charge in [-0.3, -0.25) is 4.98 Å². The highest BCUT2D eigenvalue weighted by Gasteiger charge is 2.24. The first-order chi connectivity index (χ1) is 9.69. The Bertz CT molecular complexity index is 611. The third-order valence-electron chi connectivity index (χ3n) is 4.36. The smallest absolute Gasteiger partial charge is 0.0854 e. The fourth-order valence-corrected chi connectivity index (χ4v) is 3.29. The molecule has 1 saturated heterocycles. The summed E-state index contributed by atoms with van der Waals surface area (Å²) in [5, 5.41) is 10.6. The van der Waals surface area contributed by atoms with Gasteiger partial charge in [-0.25, -0.2) is 0 Å². The van der Waals surface area contributed by atoms with Crippen LogP contribution in [0.15, 0.2) is 30.3 Å². The third kappa shape index (κ3) is 2.38. The highest BCUT2D eigenvalue weighted by molar-refractivity contribution is 5.92. The van der Waals surface area contributed by atoms with Crippen molar-refractivity contribution in [1.29, 1.82) is 0 Å². The molecule has 0 spiro atoms. The molecule has 3 nitrogen and oxygen atoms in total. The van der Waals surface area contributed by atoms with Crippen LogP contribution in [0.3, 0.4) is 0 Å². The summed E-state index contributed by atoms with van der Waals surface area (Å²) in [4.78, 5) is 6.99. The first kappa shape index (κ1) is 13.4. The van der Waals surface area contributed by atoms with Gasteiger partial charge in [0.25, 0.3) is 0 Å². The number of benzene rings is 1. The highest BCUT2D eigenvalue weighted by Crippen LogP contribution is 2.33.